The molecule has 1 aromatic heterocycles. The number of benzene rings is 1. The van der Waals surface area contributed by atoms with Gasteiger partial charge in [-0.2, -0.15) is 13.2 Å². The van der Waals surface area contributed by atoms with Crippen LogP contribution < -0.4 is 10.1 Å². The van der Waals surface area contributed by atoms with Crippen molar-refractivity contribution in [1.82, 2.24) is 10.3 Å². The lowest BCUT2D eigenvalue weighted by molar-refractivity contribution is -0.119. The summed E-state index contributed by atoms with van der Waals surface area (Å²) in [4.78, 5) is 15.7. The second-order valence-electron chi connectivity index (χ2n) is 5.97. The SMILES string of the molecule is CC(C)(C)NC(=O)Oc1ccc2sc(C=C(O)C(F)(F)F)nc2c1. The van der Waals surface area contributed by atoms with Gasteiger partial charge in [-0.05, 0) is 32.9 Å². The van der Waals surface area contributed by atoms with E-state index in [-0.39, 0.29) is 10.8 Å². The number of allylic oxidation sites excluding steroid dienone is 1. The maximum atomic E-state index is 12.3. The Morgan fingerprint density at radius 3 is 2.58 bits per heavy atom. The summed E-state index contributed by atoms with van der Waals surface area (Å²) in [5, 5.41) is 11.6. The van der Waals surface area contributed by atoms with Gasteiger partial charge in [-0.3, -0.25) is 0 Å². The van der Waals surface area contributed by atoms with Gasteiger partial charge >= 0.3 is 12.3 Å². The Morgan fingerprint density at radius 1 is 1.33 bits per heavy atom. The quantitative estimate of drug-likeness (QED) is 0.765. The number of rotatable bonds is 2. The molecule has 0 radical (unpaired) electrons. The number of nitrogens with one attached hydrogen (secondary N) is 1. The fourth-order valence-corrected chi connectivity index (χ4v) is 2.57. The van der Waals surface area contributed by atoms with Crippen LogP contribution in [0.3, 0.4) is 0 Å². The molecular formula is C15H15F3N2O3S. The van der Waals surface area contributed by atoms with Crippen molar-refractivity contribution in [2.75, 3.05) is 0 Å². The molecule has 1 amide bonds. The second-order valence-corrected chi connectivity index (χ2v) is 7.04. The number of thiazole rings is 1. The van der Waals surface area contributed by atoms with Crippen LogP contribution in [0.1, 0.15) is 25.8 Å². The highest BCUT2D eigenvalue weighted by molar-refractivity contribution is 7.19. The Hall–Kier alpha value is -2.29. The highest BCUT2D eigenvalue weighted by atomic mass is 32.1. The smallest absolute Gasteiger partial charge is 0.448 e. The van der Waals surface area contributed by atoms with Crippen molar-refractivity contribution in [3.05, 3.63) is 29.0 Å². The van der Waals surface area contributed by atoms with Crippen LogP contribution >= 0.6 is 11.3 Å². The normalized spacial score (nSPS) is 13.2. The van der Waals surface area contributed by atoms with Crippen LogP contribution in [0.15, 0.2) is 24.0 Å². The number of nitrogens with zero attached hydrogens (tertiary/aromatic N) is 1. The van der Waals surface area contributed by atoms with Crippen LogP contribution in [0.4, 0.5) is 18.0 Å². The molecule has 2 N–H and O–H groups in total. The number of aliphatic hydroxyl groups excluding tert-OH is 1. The molecule has 0 aliphatic carbocycles. The number of fused-ring (bicyclic) bond motifs is 1. The third-order valence-corrected chi connectivity index (χ3v) is 3.60. The number of ether oxygens (including phenoxy) is 1. The van der Waals surface area contributed by atoms with Gasteiger partial charge in [0.15, 0.2) is 0 Å². The van der Waals surface area contributed by atoms with E-state index < -0.39 is 23.6 Å². The molecule has 0 atom stereocenters. The average molecular weight is 360 g/mol. The summed E-state index contributed by atoms with van der Waals surface area (Å²) in [5.41, 5.74) is -0.100. The van der Waals surface area contributed by atoms with Gasteiger partial charge in [0.05, 0.1) is 10.2 Å². The molecule has 130 valence electrons. The molecule has 2 aromatic rings. The van der Waals surface area contributed by atoms with Crippen molar-refractivity contribution in [1.29, 1.82) is 0 Å². The van der Waals surface area contributed by atoms with E-state index >= 15 is 0 Å². The molecule has 0 aliphatic rings. The zero-order valence-corrected chi connectivity index (χ0v) is 13.9. The van der Waals surface area contributed by atoms with Gasteiger partial charge in [-0.15, -0.1) is 11.3 Å². The van der Waals surface area contributed by atoms with E-state index in [0.29, 0.717) is 16.3 Å². The topological polar surface area (TPSA) is 71.5 Å². The zero-order chi connectivity index (χ0) is 18.1. The van der Waals surface area contributed by atoms with Gasteiger partial charge < -0.3 is 15.2 Å². The predicted molar refractivity (Wildman–Crippen MR) is 85.2 cm³/mol. The van der Waals surface area contributed by atoms with Gasteiger partial charge in [0.1, 0.15) is 10.8 Å². The molecule has 0 unspecified atom stereocenters. The van der Waals surface area contributed by atoms with Crippen LogP contribution in [0.5, 0.6) is 5.75 Å². The van der Waals surface area contributed by atoms with Gasteiger partial charge in [-0.1, -0.05) is 0 Å². The zero-order valence-electron chi connectivity index (χ0n) is 13.1. The van der Waals surface area contributed by atoms with E-state index in [0.717, 1.165) is 11.3 Å². The van der Waals surface area contributed by atoms with Gasteiger partial charge in [0, 0.05) is 17.7 Å². The molecule has 0 spiro atoms. The van der Waals surface area contributed by atoms with E-state index in [9.17, 15) is 18.0 Å². The Labute approximate surface area is 139 Å². The maximum Gasteiger partial charge on any atom is 0.448 e. The number of hydrogen-bond acceptors (Lipinski definition) is 5. The highest BCUT2D eigenvalue weighted by Crippen LogP contribution is 2.30. The number of alkyl halides is 3. The second kappa shape index (κ2) is 6.31. The predicted octanol–water partition coefficient (Wildman–Crippen LogP) is 4.64. The van der Waals surface area contributed by atoms with E-state index in [1.807, 2.05) is 0 Å². The summed E-state index contributed by atoms with van der Waals surface area (Å²) in [6.45, 7) is 5.39. The summed E-state index contributed by atoms with van der Waals surface area (Å²) in [6.07, 6.45) is -4.92. The average Bonchev–Trinajstić information content (AvgIpc) is 2.76. The van der Waals surface area contributed by atoms with Crippen LogP contribution in [-0.2, 0) is 0 Å². The van der Waals surface area contributed by atoms with Gasteiger partial charge in [0.25, 0.3) is 0 Å². The first-order valence-corrected chi connectivity index (χ1v) is 7.64. The molecule has 0 saturated carbocycles. The lowest BCUT2D eigenvalue weighted by Crippen LogP contribution is -2.42. The Kier molecular flexibility index (Phi) is 4.75. The minimum absolute atomic E-state index is 0.00359. The molecule has 0 bridgehead atoms. The van der Waals surface area contributed by atoms with Crippen molar-refractivity contribution in [3.63, 3.8) is 0 Å². The van der Waals surface area contributed by atoms with Crippen molar-refractivity contribution < 1.29 is 27.8 Å². The molecule has 0 fully saturated rings. The summed E-state index contributed by atoms with van der Waals surface area (Å²) in [7, 11) is 0. The number of halogens is 3. The molecule has 9 heteroatoms. The fourth-order valence-electron chi connectivity index (χ4n) is 1.69. The summed E-state index contributed by atoms with van der Waals surface area (Å²) < 4.78 is 42.7. The Bertz CT molecular complexity index is 791. The van der Waals surface area contributed by atoms with Crippen LogP contribution in [0.2, 0.25) is 0 Å². The van der Waals surface area contributed by atoms with Crippen molar-refractivity contribution in [2.45, 2.75) is 32.5 Å². The largest absolute Gasteiger partial charge is 0.504 e. The minimum Gasteiger partial charge on any atom is -0.504 e. The number of aliphatic hydroxyl groups is 1. The van der Waals surface area contributed by atoms with Crippen LogP contribution in [0.25, 0.3) is 16.3 Å². The summed E-state index contributed by atoms with van der Waals surface area (Å²) in [6, 6.07) is 4.53. The van der Waals surface area contributed by atoms with Crippen LogP contribution in [-0.4, -0.2) is 27.9 Å². The van der Waals surface area contributed by atoms with Gasteiger partial charge in [0.2, 0.25) is 5.76 Å². The summed E-state index contributed by atoms with van der Waals surface area (Å²) in [5.74, 6) is -1.51. The fraction of sp³-hybridized carbons (Fsp3) is 0.333. The number of carbonyl (C=O) groups is 1. The maximum absolute atomic E-state index is 12.3. The molecular weight excluding hydrogens is 345 g/mol. The molecule has 24 heavy (non-hydrogen) atoms. The molecule has 2 rings (SSSR count). The third-order valence-electron chi connectivity index (χ3n) is 2.61. The van der Waals surface area contributed by atoms with E-state index in [1.54, 1.807) is 26.8 Å². The first-order valence-electron chi connectivity index (χ1n) is 6.82. The van der Waals surface area contributed by atoms with Crippen molar-refractivity contribution in [2.24, 2.45) is 0 Å². The Balaban J connectivity index is 2.22. The molecule has 1 heterocycles. The molecule has 1 aromatic carbocycles. The first kappa shape index (κ1) is 18.1. The molecule has 0 saturated heterocycles. The standard InChI is InChI=1S/C15H15F3N2O3S/c1-14(2,3)20-13(22)23-8-4-5-10-9(6-8)19-12(24-10)7-11(21)15(16,17)18/h4-7,21H,1-3H3,(H,20,22). The number of carbonyl (C=O) groups excluding carboxylic acids is 1. The number of aromatic nitrogens is 1. The van der Waals surface area contributed by atoms with E-state index in [1.165, 1.54) is 12.1 Å². The molecule has 5 nitrogen and oxygen atoms in total. The van der Waals surface area contributed by atoms with E-state index in [2.05, 4.69) is 10.3 Å². The van der Waals surface area contributed by atoms with Crippen molar-refractivity contribution >= 4 is 33.7 Å². The lowest BCUT2D eigenvalue weighted by Gasteiger charge is -2.19. The number of amides is 1. The molecule has 0 aliphatic heterocycles. The monoisotopic (exact) mass is 360 g/mol. The van der Waals surface area contributed by atoms with E-state index in [4.69, 9.17) is 9.84 Å². The van der Waals surface area contributed by atoms with Gasteiger partial charge in [-0.25, -0.2) is 9.78 Å². The first-order chi connectivity index (χ1) is 10.9. The Morgan fingerprint density at radius 2 is 2.00 bits per heavy atom. The summed E-state index contributed by atoms with van der Waals surface area (Å²) >= 11 is 0.976. The lowest BCUT2D eigenvalue weighted by atomic mass is 10.1. The number of hydrogen-bond donors (Lipinski definition) is 2. The third kappa shape index (κ3) is 4.85. The minimum atomic E-state index is -4.82. The van der Waals surface area contributed by atoms with Crippen LogP contribution in [0, 0.1) is 0 Å². The highest BCUT2D eigenvalue weighted by Gasteiger charge is 2.34. The van der Waals surface area contributed by atoms with Crippen molar-refractivity contribution in [3.8, 4) is 5.75 Å².